The summed E-state index contributed by atoms with van der Waals surface area (Å²) >= 11 is 6.22. The van der Waals surface area contributed by atoms with E-state index in [0.29, 0.717) is 12.8 Å². The van der Waals surface area contributed by atoms with Gasteiger partial charge in [0.15, 0.2) is 5.69 Å². The number of unbranched alkanes of at least 4 members (excludes halogenated alkanes) is 1. The average Bonchev–Trinajstić information content (AvgIpc) is 3.34. The molecule has 2 aromatic heterocycles. The van der Waals surface area contributed by atoms with Crippen LogP contribution in [0.5, 0.6) is 0 Å². The molecule has 3 aromatic rings. The number of benzene rings is 1. The summed E-state index contributed by atoms with van der Waals surface area (Å²) in [6.45, 7) is 2.88. The van der Waals surface area contributed by atoms with Gasteiger partial charge in [0.1, 0.15) is 22.7 Å². The van der Waals surface area contributed by atoms with Gasteiger partial charge >= 0.3 is 6.18 Å². The predicted molar refractivity (Wildman–Crippen MR) is 127 cm³/mol. The Labute approximate surface area is 214 Å². The van der Waals surface area contributed by atoms with Crippen LogP contribution in [0.25, 0.3) is 0 Å². The number of carbonyl (C=O) groups is 2. The van der Waals surface area contributed by atoms with Gasteiger partial charge in [0.2, 0.25) is 5.76 Å². The summed E-state index contributed by atoms with van der Waals surface area (Å²) in [7, 11) is 0. The number of aliphatic hydroxyl groups is 1. The third kappa shape index (κ3) is 7.05. The smallest absolute Gasteiger partial charge is 0.396 e. The zero-order valence-corrected chi connectivity index (χ0v) is 20.4. The van der Waals surface area contributed by atoms with Crippen molar-refractivity contribution >= 4 is 29.1 Å². The second-order valence-electron chi connectivity index (χ2n) is 7.81. The Hall–Kier alpha value is -3.95. The lowest BCUT2D eigenvalue weighted by molar-refractivity contribution is -0.138. The zero-order valence-electron chi connectivity index (χ0n) is 19.6. The number of rotatable bonds is 7. The van der Waals surface area contributed by atoms with Gasteiger partial charge in [-0.1, -0.05) is 28.7 Å². The van der Waals surface area contributed by atoms with E-state index in [4.69, 9.17) is 21.2 Å². The van der Waals surface area contributed by atoms with Crippen molar-refractivity contribution in [2.75, 3.05) is 11.9 Å². The van der Waals surface area contributed by atoms with E-state index in [9.17, 15) is 22.8 Å². The molecule has 194 valence electrons. The standard InChI is InChI=1S/C24H21ClF3N5O4/c1-13-7-8-15(10-16(13)24(26,27)28)32-22(35)19-11-18(33-37-19)14(2)31-23(36)21-20(25)17(29-12-30-21)6-4-3-5-9-34/h7-8,10-12,14,34H,3,5,9H2,1-2H3,(H,31,36)(H,32,35)/t14-/m1/s1. The number of hydrogen-bond acceptors (Lipinski definition) is 7. The average molecular weight is 536 g/mol. The lowest BCUT2D eigenvalue weighted by Gasteiger charge is -2.12. The van der Waals surface area contributed by atoms with Crippen molar-refractivity contribution in [3.63, 3.8) is 0 Å². The summed E-state index contributed by atoms with van der Waals surface area (Å²) in [6.07, 6.45) is -2.53. The molecule has 0 saturated carbocycles. The maximum Gasteiger partial charge on any atom is 0.416 e. The summed E-state index contributed by atoms with van der Waals surface area (Å²) in [5.74, 6) is 3.75. The molecule has 0 aliphatic heterocycles. The largest absolute Gasteiger partial charge is 0.416 e. The molecule has 0 saturated heterocycles. The number of nitrogens with one attached hydrogen (secondary N) is 2. The molecular formula is C24H21ClF3N5O4. The Bertz CT molecular complexity index is 1360. The fraction of sp³-hybridized carbons (Fsp3) is 0.292. The van der Waals surface area contributed by atoms with Gasteiger partial charge in [-0.2, -0.15) is 13.2 Å². The monoisotopic (exact) mass is 535 g/mol. The third-order valence-corrected chi connectivity index (χ3v) is 5.37. The number of halogens is 4. The molecule has 37 heavy (non-hydrogen) atoms. The van der Waals surface area contributed by atoms with E-state index in [-0.39, 0.29) is 45.7 Å². The molecule has 0 spiro atoms. The lowest BCUT2D eigenvalue weighted by atomic mass is 10.1. The van der Waals surface area contributed by atoms with Crippen LogP contribution < -0.4 is 10.6 Å². The first-order valence-electron chi connectivity index (χ1n) is 10.9. The first-order valence-corrected chi connectivity index (χ1v) is 11.3. The summed E-state index contributed by atoms with van der Waals surface area (Å²) in [5.41, 5.74) is -0.735. The van der Waals surface area contributed by atoms with E-state index in [1.165, 1.54) is 25.1 Å². The Balaban J connectivity index is 1.68. The van der Waals surface area contributed by atoms with Crippen molar-refractivity contribution in [3.8, 4) is 11.8 Å². The second kappa shape index (κ2) is 11.9. The maximum absolute atomic E-state index is 13.1. The minimum Gasteiger partial charge on any atom is -0.396 e. The topological polar surface area (TPSA) is 130 Å². The Morgan fingerprint density at radius 2 is 1.97 bits per heavy atom. The van der Waals surface area contributed by atoms with Gasteiger partial charge < -0.3 is 20.3 Å². The third-order valence-electron chi connectivity index (χ3n) is 5.02. The van der Waals surface area contributed by atoms with E-state index in [2.05, 4.69) is 37.6 Å². The molecule has 0 bridgehead atoms. The fourth-order valence-electron chi connectivity index (χ4n) is 3.07. The summed E-state index contributed by atoms with van der Waals surface area (Å²) in [5, 5.41) is 17.5. The highest BCUT2D eigenvalue weighted by Crippen LogP contribution is 2.33. The SMILES string of the molecule is Cc1ccc(NC(=O)c2cc([C@@H](C)NC(=O)c3ncnc(C#CCCCO)c3Cl)no2)cc1C(F)(F)F. The van der Waals surface area contributed by atoms with E-state index < -0.39 is 29.6 Å². The zero-order chi connectivity index (χ0) is 27.2. The Morgan fingerprint density at radius 1 is 1.22 bits per heavy atom. The van der Waals surface area contributed by atoms with Crippen molar-refractivity contribution < 1.29 is 32.4 Å². The van der Waals surface area contributed by atoms with Gasteiger partial charge in [-0.25, -0.2) is 9.97 Å². The van der Waals surface area contributed by atoms with E-state index in [0.717, 1.165) is 12.4 Å². The number of aromatic nitrogens is 3. The van der Waals surface area contributed by atoms with Gasteiger partial charge in [-0.3, -0.25) is 9.59 Å². The number of amides is 2. The molecule has 0 fully saturated rings. The van der Waals surface area contributed by atoms with Gasteiger partial charge in [-0.05, 0) is 43.9 Å². The quantitative estimate of drug-likeness (QED) is 0.303. The predicted octanol–water partition coefficient (Wildman–Crippen LogP) is 4.31. The molecule has 3 rings (SSSR count). The highest BCUT2D eigenvalue weighted by molar-refractivity contribution is 6.34. The van der Waals surface area contributed by atoms with Crippen molar-refractivity contribution in [2.45, 2.75) is 38.9 Å². The molecule has 0 aliphatic carbocycles. The number of aliphatic hydroxyl groups excluding tert-OH is 1. The molecular weight excluding hydrogens is 515 g/mol. The molecule has 3 N–H and O–H groups in total. The van der Waals surface area contributed by atoms with Crippen LogP contribution in [0.15, 0.2) is 35.1 Å². The summed E-state index contributed by atoms with van der Waals surface area (Å²) in [4.78, 5) is 33.0. The molecule has 9 nitrogen and oxygen atoms in total. The van der Waals surface area contributed by atoms with Gasteiger partial charge in [0.25, 0.3) is 11.8 Å². The van der Waals surface area contributed by atoms with Crippen molar-refractivity contribution in [1.29, 1.82) is 0 Å². The van der Waals surface area contributed by atoms with Crippen molar-refractivity contribution in [1.82, 2.24) is 20.4 Å². The molecule has 1 aromatic carbocycles. The van der Waals surface area contributed by atoms with Crippen LogP contribution in [0.4, 0.5) is 18.9 Å². The molecule has 0 unspecified atom stereocenters. The van der Waals surface area contributed by atoms with Crippen LogP contribution >= 0.6 is 11.6 Å². The highest BCUT2D eigenvalue weighted by Gasteiger charge is 2.32. The van der Waals surface area contributed by atoms with Crippen LogP contribution in [0, 0.1) is 18.8 Å². The first-order chi connectivity index (χ1) is 17.5. The highest BCUT2D eigenvalue weighted by atomic mass is 35.5. The molecule has 13 heteroatoms. The van der Waals surface area contributed by atoms with Crippen molar-refractivity contribution in [3.05, 3.63) is 69.6 Å². The van der Waals surface area contributed by atoms with Gasteiger partial charge in [-0.15, -0.1) is 0 Å². The van der Waals surface area contributed by atoms with Crippen LogP contribution in [0.2, 0.25) is 5.02 Å². The first kappa shape index (κ1) is 27.6. The van der Waals surface area contributed by atoms with Gasteiger partial charge in [0.05, 0.1) is 11.6 Å². The Morgan fingerprint density at radius 3 is 2.68 bits per heavy atom. The summed E-state index contributed by atoms with van der Waals surface area (Å²) < 4.78 is 44.4. The van der Waals surface area contributed by atoms with Crippen LogP contribution in [0.3, 0.4) is 0 Å². The summed E-state index contributed by atoms with van der Waals surface area (Å²) in [6, 6.07) is 3.90. The number of aryl methyl sites for hydroxylation is 1. The fourth-order valence-corrected chi connectivity index (χ4v) is 3.30. The number of carbonyl (C=O) groups excluding carboxylic acids is 2. The molecule has 0 radical (unpaired) electrons. The van der Waals surface area contributed by atoms with Crippen LogP contribution in [-0.4, -0.2) is 38.7 Å². The van der Waals surface area contributed by atoms with Crippen molar-refractivity contribution in [2.24, 2.45) is 0 Å². The molecule has 2 amide bonds. The minimum atomic E-state index is -4.57. The Kier molecular flexibility index (Phi) is 8.86. The van der Waals surface area contributed by atoms with E-state index in [1.807, 2.05) is 0 Å². The van der Waals surface area contributed by atoms with E-state index >= 15 is 0 Å². The van der Waals surface area contributed by atoms with E-state index in [1.54, 1.807) is 6.92 Å². The van der Waals surface area contributed by atoms with Crippen LogP contribution in [-0.2, 0) is 6.18 Å². The number of anilines is 1. The molecule has 0 aliphatic rings. The second-order valence-corrected chi connectivity index (χ2v) is 8.18. The number of alkyl halides is 3. The molecule has 2 heterocycles. The lowest BCUT2D eigenvalue weighted by Crippen LogP contribution is -2.28. The molecule has 1 atom stereocenters. The normalized spacial score (nSPS) is 11.9. The maximum atomic E-state index is 13.1. The van der Waals surface area contributed by atoms with Crippen LogP contribution in [0.1, 0.15) is 69.4 Å². The number of nitrogens with zero attached hydrogens (tertiary/aromatic N) is 3. The van der Waals surface area contributed by atoms with Gasteiger partial charge in [0, 0.05) is 24.8 Å². The number of hydrogen-bond donors (Lipinski definition) is 3. The minimum absolute atomic E-state index is 0.00586.